The van der Waals surface area contributed by atoms with Gasteiger partial charge in [-0.05, 0) is 32.0 Å². The number of benzene rings is 1. The SMILES string of the molecule is CN1SCCCC1(C(N)=O)S(=O)(=O)c1ccccc1. The van der Waals surface area contributed by atoms with Gasteiger partial charge in [0.25, 0.3) is 5.91 Å². The van der Waals surface area contributed by atoms with Crippen molar-refractivity contribution >= 4 is 27.7 Å². The molecule has 1 saturated heterocycles. The van der Waals surface area contributed by atoms with Crippen molar-refractivity contribution in [3.63, 3.8) is 0 Å². The average Bonchev–Trinajstić information content (AvgIpc) is 2.39. The van der Waals surface area contributed by atoms with Gasteiger partial charge in [0, 0.05) is 5.75 Å². The van der Waals surface area contributed by atoms with Crippen LogP contribution in [-0.4, -0.2) is 36.3 Å². The van der Waals surface area contributed by atoms with Crippen molar-refractivity contribution in [3.8, 4) is 0 Å². The molecule has 1 heterocycles. The molecule has 2 N–H and O–H groups in total. The molecule has 1 aromatic rings. The van der Waals surface area contributed by atoms with Gasteiger partial charge in [-0.15, -0.1) is 0 Å². The first-order valence-electron chi connectivity index (χ1n) is 5.89. The number of nitrogens with zero attached hydrogens (tertiary/aromatic N) is 1. The molecule has 0 spiro atoms. The summed E-state index contributed by atoms with van der Waals surface area (Å²) in [5, 5.41) is 0. The third kappa shape index (κ3) is 2.15. The van der Waals surface area contributed by atoms with Gasteiger partial charge in [0.2, 0.25) is 14.7 Å². The summed E-state index contributed by atoms with van der Waals surface area (Å²) >= 11 is 1.33. The van der Waals surface area contributed by atoms with Gasteiger partial charge in [-0.3, -0.25) is 4.79 Å². The van der Waals surface area contributed by atoms with E-state index in [9.17, 15) is 13.2 Å². The average molecular weight is 300 g/mol. The standard InChI is InChI=1S/C12H16N2O3S2/c1-14-12(11(13)15,8-5-9-18-14)19(16,17)10-6-3-2-4-7-10/h2-4,6-7H,5,8-9H2,1H3,(H2,13,15). The first kappa shape index (κ1) is 14.4. The summed E-state index contributed by atoms with van der Waals surface area (Å²) in [7, 11) is -2.24. The van der Waals surface area contributed by atoms with Gasteiger partial charge in [-0.2, -0.15) is 0 Å². The molecular formula is C12H16N2O3S2. The summed E-state index contributed by atoms with van der Waals surface area (Å²) in [6.07, 6.45) is 0.868. The Bertz CT molecular complexity index is 574. The van der Waals surface area contributed by atoms with Gasteiger partial charge in [0.05, 0.1) is 4.90 Å². The van der Waals surface area contributed by atoms with Gasteiger partial charge >= 0.3 is 0 Å². The minimum atomic E-state index is -3.84. The van der Waals surface area contributed by atoms with Crippen LogP contribution < -0.4 is 5.73 Å². The summed E-state index contributed by atoms with van der Waals surface area (Å²) in [5.74, 6) is -0.0263. The molecule has 7 heteroatoms. The summed E-state index contributed by atoms with van der Waals surface area (Å²) in [6, 6.07) is 7.99. The second-order valence-electron chi connectivity index (χ2n) is 4.40. The van der Waals surface area contributed by atoms with E-state index in [-0.39, 0.29) is 11.3 Å². The van der Waals surface area contributed by atoms with Crippen LogP contribution in [0, 0.1) is 0 Å². The van der Waals surface area contributed by atoms with Crippen LogP contribution >= 0.6 is 11.9 Å². The molecule has 1 unspecified atom stereocenters. The lowest BCUT2D eigenvalue weighted by Gasteiger charge is -2.40. The van der Waals surface area contributed by atoms with Crippen molar-refractivity contribution in [3.05, 3.63) is 30.3 Å². The molecule has 1 atom stereocenters. The second-order valence-corrected chi connectivity index (χ2v) is 7.77. The first-order chi connectivity index (χ1) is 8.93. The minimum Gasteiger partial charge on any atom is -0.367 e. The Labute approximate surface area is 117 Å². The molecule has 1 amide bonds. The molecule has 1 aliphatic heterocycles. The fraction of sp³-hybridized carbons (Fsp3) is 0.417. The highest BCUT2D eigenvalue weighted by Crippen LogP contribution is 2.40. The number of carbonyl (C=O) groups excluding carboxylic acids is 1. The molecule has 0 saturated carbocycles. The Hall–Kier alpha value is -1.05. The maximum atomic E-state index is 12.8. The van der Waals surface area contributed by atoms with Crippen molar-refractivity contribution in [2.45, 2.75) is 22.6 Å². The topological polar surface area (TPSA) is 80.5 Å². The number of carbonyl (C=O) groups is 1. The van der Waals surface area contributed by atoms with Crippen molar-refractivity contribution in [2.24, 2.45) is 5.73 Å². The number of nitrogens with two attached hydrogens (primary N) is 1. The third-order valence-electron chi connectivity index (χ3n) is 3.34. The van der Waals surface area contributed by atoms with E-state index < -0.39 is 20.6 Å². The van der Waals surface area contributed by atoms with Crippen LogP contribution in [0.25, 0.3) is 0 Å². The highest BCUT2D eigenvalue weighted by Gasteiger charge is 2.54. The number of hydrogen-bond acceptors (Lipinski definition) is 5. The van der Waals surface area contributed by atoms with Gasteiger partial charge in [-0.25, -0.2) is 12.7 Å². The number of sulfone groups is 1. The van der Waals surface area contributed by atoms with Crippen LogP contribution in [0.2, 0.25) is 0 Å². The molecule has 5 nitrogen and oxygen atoms in total. The van der Waals surface area contributed by atoms with Gasteiger partial charge in [0.1, 0.15) is 0 Å². The molecule has 2 rings (SSSR count). The van der Waals surface area contributed by atoms with E-state index in [1.54, 1.807) is 25.2 Å². The van der Waals surface area contributed by atoms with E-state index in [0.29, 0.717) is 6.42 Å². The maximum Gasteiger partial charge on any atom is 0.254 e. The molecule has 0 aliphatic carbocycles. The van der Waals surface area contributed by atoms with Crippen molar-refractivity contribution in [1.82, 2.24) is 4.31 Å². The molecule has 0 radical (unpaired) electrons. The predicted octanol–water partition coefficient (Wildman–Crippen LogP) is 1.02. The first-order valence-corrected chi connectivity index (χ1v) is 8.32. The Kier molecular flexibility index (Phi) is 3.89. The van der Waals surface area contributed by atoms with Gasteiger partial charge < -0.3 is 5.73 Å². The summed E-state index contributed by atoms with van der Waals surface area (Å²) in [6.45, 7) is 0. The molecule has 19 heavy (non-hydrogen) atoms. The van der Waals surface area contributed by atoms with E-state index in [0.717, 1.165) is 5.75 Å². The minimum absolute atomic E-state index is 0.128. The molecular weight excluding hydrogens is 284 g/mol. The van der Waals surface area contributed by atoms with Gasteiger partial charge in [-0.1, -0.05) is 30.1 Å². The van der Waals surface area contributed by atoms with Crippen LogP contribution in [-0.2, 0) is 14.6 Å². The van der Waals surface area contributed by atoms with Crippen molar-refractivity contribution in [2.75, 3.05) is 12.8 Å². The zero-order chi connectivity index (χ0) is 14.1. The second kappa shape index (κ2) is 5.15. The van der Waals surface area contributed by atoms with Crippen molar-refractivity contribution in [1.29, 1.82) is 0 Å². The highest BCUT2D eigenvalue weighted by molar-refractivity contribution is 7.99. The van der Waals surface area contributed by atoms with E-state index in [1.165, 1.54) is 28.4 Å². The van der Waals surface area contributed by atoms with E-state index >= 15 is 0 Å². The molecule has 0 aromatic heterocycles. The highest BCUT2D eigenvalue weighted by atomic mass is 32.2. The quantitative estimate of drug-likeness (QED) is 0.843. The molecule has 1 fully saturated rings. The monoisotopic (exact) mass is 300 g/mol. The van der Waals surface area contributed by atoms with Gasteiger partial charge in [0.15, 0.2) is 0 Å². The fourth-order valence-corrected chi connectivity index (χ4v) is 5.60. The lowest BCUT2D eigenvalue weighted by Crippen LogP contribution is -2.60. The Morgan fingerprint density at radius 1 is 1.37 bits per heavy atom. The molecule has 1 aliphatic rings. The van der Waals surface area contributed by atoms with E-state index in [1.807, 2.05) is 0 Å². The largest absolute Gasteiger partial charge is 0.367 e. The molecule has 0 bridgehead atoms. The molecule has 1 aromatic carbocycles. The van der Waals surface area contributed by atoms with Crippen LogP contribution in [0.4, 0.5) is 0 Å². The Morgan fingerprint density at radius 3 is 2.53 bits per heavy atom. The predicted molar refractivity (Wildman–Crippen MR) is 75.0 cm³/mol. The Balaban J connectivity index is 2.60. The normalized spacial score (nSPS) is 25.1. The summed E-state index contributed by atoms with van der Waals surface area (Å²) in [5.41, 5.74) is 5.44. The molecule has 104 valence electrons. The van der Waals surface area contributed by atoms with Crippen LogP contribution in [0.15, 0.2) is 35.2 Å². The smallest absolute Gasteiger partial charge is 0.254 e. The van der Waals surface area contributed by atoms with Crippen LogP contribution in [0.1, 0.15) is 12.8 Å². The lowest BCUT2D eigenvalue weighted by molar-refractivity contribution is -0.123. The zero-order valence-corrected chi connectivity index (χ0v) is 12.2. The van der Waals surface area contributed by atoms with Crippen LogP contribution in [0.5, 0.6) is 0 Å². The number of amides is 1. The van der Waals surface area contributed by atoms with Crippen LogP contribution in [0.3, 0.4) is 0 Å². The fourth-order valence-electron chi connectivity index (χ4n) is 2.28. The Morgan fingerprint density at radius 2 is 2.00 bits per heavy atom. The van der Waals surface area contributed by atoms with E-state index in [2.05, 4.69) is 0 Å². The number of rotatable bonds is 3. The third-order valence-corrected chi connectivity index (χ3v) is 7.08. The number of primary amides is 1. The zero-order valence-electron chi connectivity index (χ0n) is 10.6. The number of hydrogen-bond donors (Lipinski definition) is 1. The maximum absolute atomic E-state index is 12.8. The van der Waals surface area contributed by atoms with E-state index in [4.69, 9.17) is 5.73 Å². The summed E-state index contributed by atoms with van der Waals surface area (Å²) in [4.78, 5) is 10.4. The van der Waals surface area contributed by atoms with Crippen molar-refractivity contribution < 1.29 is 13.2 Å². The lowest BCUT2D eigenvalue weighted by atomic mass is 10.1. The summed E-state index contributed by atoms with van der Waals surface area (Å²) < 4.78 is 27.1. The number of likely N-dealkylation sites (N-methyl/N-ethyl adjacent to an activating group) is 1.